The fourth-order valence-corrected chi connectivity index (χ4v) is 2.47. The van der Waals surface area contributed by atoms with Crippen molar-refractivity contribution >= 4 is 15.9 Å². The second-order valence-electron chi connectivity index (χ2n) is 4.47. The molecule has 1 aromatic carbocycles. The second kappa shape index (κ2) is 5.97. The van der Waals surface area contributed by atoms with Crippen molar-refractivity contribution < 1.29 is 13.2 Å². The van der Waals surface area contributed by atoms with E-state index < -0.39 is 15.9 Å². The maximum atomic E-state index is 11.9. The predicted molar refractivity (Wildman–Crippen MR) is 69.6 cm³/mol. The first-order valence-electron chi connectivity index (χ1n) is 5.72. The van der Waals surface area contributed by atoms with Crippen LogP contribution in [0.2, 0.25) is 0 Å². The van der Waals surface area contributed by atoms with E-state index in [1.54, 1.807) is 0 Å². The fourth-order valence-electron chi connectivity index (χ4n) is 1.38. The SMILES string of the molecule is CC(C)CCNS(=O)(=O)c1cccc(C(N)=O)c1. The van der Waals surface area contributed by atoms with Crippen LogP contribution >= 0.6 is 0 Å². The molecule has 3 N–H and O–H groups in total. The highest BCUT2D eigenvalue weighted by Crippen LogP contribution is 2.11. The van der Waals surface area contributed by atoms with Crippen molar-refractivity contribution in [2.75, 3.05) is 6.54 Å². The first-order chi connectivity index (χ1) is 8.33. The Kier molecular flexibility index (Phi) is 4.86. The highest BCUT2D eigenvalue weighted by Gasteiger charge is 2.14. The maximum Gasteiger partial charge on any atom is 0.248 e. The van der Waals surface area contributed by atoms with Crippen molar-refractivity contribution in [3.05, 3.63) is 29.8 Å². The topological polar surface area (TPSA) is 89.3 Å². The molecule has 0 aliphatic carbocycles. The Hall–Kier alpha value is -1.40. The molecule has 0 fully saturated rings. The number of hydrogen-bond donors (Lipinski definition) is 2. The van der Waals surface area contributed by atoms with Crippen molar-refractivity contribution in [1.82, 2.24) is 4.72 Å². The molecule has 1 rings (SSSR count). The number of amides is 1. The minimum absolute atomic E-state index is 0.0579. The third kappa shape index (κ3) is 4.12. The lowest BCUT2D eigenvalue weighted by Gasteiger charge is -2.08. The molecule has 6 heteroatoms. The van der Waals surface area contributed by atoms with Crippen LogP contribution in [0.5, 0.6) is 0 Å². The average Bonchev–Trinajstić information content (AvgIpc) is 2.28. The number of hydrogen-bond acceptors (Lipinski definition) is 3. The summed E-state index contributed by atoms with van der Waals surface area (Å²) in [7, 11) is -3.57. The molecular formula is C12H18N2O3S. The van der Waals surface area contributed by atoms with E-state index in [0.29, 0.717) is 12.5 Å². The molecule has 0 aliphatic rings. The van der Waals surface area contributed by atoms with Crippen molar-refractivity contribution in [2.24, 2.45) is 11.7 Å². The van der Waals surface area contributed by atoms with Gasteiger partial charge in [-0.1, -0.05) is 19.9 Å². The zero-order valence-electron chi connectivity index (χ0n) is 10.5. The number of carbonyl (C=O) groups excluding carboxylic acids is 1. The number of sulfonamides is 1. The summed E-state index contributed by atoms with van der Waals surface area (Å²) in [5.41, 5.74) is 5.29. The van der Waals surface area contributed by atoms with E-state index in [1.807, 2.05) is 13.8 Å². The van der Waals surface area contributed by atoms with Gasteiger partial charge in [0, 0.05) is 12.1 Å². The van der Waals surface area contributed by atoms with Gasteiger partial charge in [-0.3, -0.25) is 4.79 Å². The first kappa shape index (κ1) is 14.7. The van der Waals surface area contributed by atoms with Crippen LogP contribution in [0.3, 0.4) is 0 Å². The summed E-state index contributed by atoms with van der Waals surface area (Å²) in [5, 5.41) is 0. The molecule has 1 amide bonds. The van der Waals surface area contributed by atoms with Gasteiger partial charge in [-0.25, -0.2) is 13.1 Å². The van der Waals surface area contributed by atoms with Gasteiger partial charge >= 0.3 is 0 Å². The van der Waals surface area contributed by atoms with Crippen molar-refractivity contribution in [3.63, 3.8) is 0 Å². The molecule has 100 valence electrons. The van der Waals surface area contributed by atoms with Crippen LogP contribution in [0.25, 0.3) is 0 Å². The molecule has 0 aliphatic heterocycles. The number of carbonyl (C=O) groups is 1. The molecule has 0 spiro atoms. The molecule has 0 radical (unpaired) electrons. The van der Waals surface area contributed by atoms with E-state index in [2.05, 4.69) is 4.72 Å². The third-order valence-electron chi connectivity index (χ3n) is 2.44. The van der Waals surface area contributed by atoms with Crippen molar-refractivity contribution in [3.8, 4) is 0 Å². The van der Waals surface area contributed by atoms with Gasteiger partial charge in [-0.05, 0) is 30.5 Å². The number of benzene rings is 1. The summed E-state index contributed by atoms with van der Waals surface area (Å²) in [6.07, 6.45) is 0.759. The van der Waals surface area contributed by atoms with Crippen LogP contribution in [0.4, 0.5) is 0 Å². The van der Waals surface area contributed by atoms with Gasteiger partial charge in [-0.15, -0.1) is 0 Å². The summed E-state index contributed by atoms with van der Waals surface area (Å²) in [6.45, 7) is 4.41. The molecule has 0 atom stereocenters. The van der Waals surface area contributed by atoms with E-state index in [1.165, 1.54) is 24.3 Å². The van der Waals surface area contributed by atoms with E-state index in [0.717, 1.165) is 6.42 Å². The number of nitrogens with one attached hydrogen (secondary N) is 1. The minimum Gasteiger partial charge on any atom is -0.366 e. The number of primary amides is 1. The van der Waals surface area contributed by atoms with E-state index >= 15 is 0 Å². The lowest BCUT2D eigenvalue weighted by Crippen LogP contribution is -2.26. The van der Waals surface area contributed by atoms with Gasteiger partial charge in [-0.2, -0.15) is 0 Å². The normalized spacial score (nSPS) is 11.7. The fraction of sp³-hybridized carbons (Fsp3) is 0.417. The van der Waals surface area contributed by atoms with Crippen LogP contribution in [0, 0.1) is 5.92 Å². The lowest BCUT2D eigenvalue weighted by atomic mass is 10.1. The average molecular weight is 270 g/mol. The molecule has 5 nitrogen and oxygen atoms in total. The van der Waals surface area contributed by atoms with E-state index in [4.69, 9.17) is 5.73 Å². The second-order valence-corrected chi connectivity index (χ2v) is 6.24. The van der Waals surface area contributed by atoms with Crippen LogP contribution in [-0.2, 0) is 10.0 Å². The van der Waals surface area contributed by atoms with E-state index in [-0.39, 0.29) is 10.5 Å². The largest absolute Gasteiger partial charge is 0.366 e. The summed E-state index contributed by atoms with van der Waals surface area (Å²) < 4.78 is 26.3. The smallest absolute Gasteiger partial charge is 0.248 e. The zero-order chi connectivity index (χ0) is 13.8. The van der Waals surface area contributed by atoms with Crippen LogP contribution in [0.15, 0.2) is 29.2 Å². The Labute approximate surface area is 107 Å². The summed E-state index contributed by atoms with van der Waals surface area (Å²) in [6, 6.07) is 5.69. The molecule has 18 heavy (non-hydrogen) atoms. The van der Waals surface area contributed by atoms with Crippen molar-refractivity contribution in [2.45, 2.75) is 25.2 Å². The third-order valence-corrected chi connectivity index (χ3v) is 3.90. The Morgan fingerprint density at radius 1 is 1.39 bits per heavy atom. The zero-order valence-corrected chi connectivity index (χ0v) is 11.3. The summed E-state index contributed by atoms with van der Waals surface area (Å²) in [5.74, 6) is -0.223. The maximum absolute atomic E-state index is 11.9. The predicted octanol–water partition coefficient (Wildman–Crippen LogP) is 1.11. The Morgan fingerprint density at radius 2 is 2.06 bits per heavy atom. The molecule has 0 saturated heterocycles. The van der Waals surface area contributed by atoms with Gasteiger partial charge in [0.1, 0.15) is 0 Å². The molecular weight excluding hydrogens is 252 g/mol. The molecule has 1 aromatic rings. The van der Waals surface area contributed by atoms with Crippen LogP contribution in [0.1, 0.15) is 30.6 Å². The molecule has 0 aromatic heterocycles. The quantitative estimate of drug-likeness (QED) is 0.811. The highest BCUT2D eigenvalue weighted by atomic mass is 32.2. The highest BCUT2D eigenvalue weighted by molar-refractivity contribution is 7.89. The Bertz CT molecular complexity index is 524. The first-order valence-corrected chi connectivity index (χ1v) is 7.21. The Morgan fingerprint density at radius 3 is 2.61 bits per heavy atom. The van der Waals surface area contributed by atoms with Crippen molar-refractivity contribution in [1.29, 1.82) is 0 Å². The van der Waals surface area contributed by atoms with Crippen LogP contribution in [-0.4, -0.2) is 20.9 Å². The van der Waals surface area contributed by atoms with Crippen LogP contribution < -0.4 is 10.5 Å². The Balaban J connectivity index is 2.85. The van der Waals surface area contributed by atoms with Gasteiger partial charge in [0.15, 0.2) is 0 Å². The van der Waals surface area contributed by atoms with Gasteiger partial charge in [0.05, 0.1) is 4.90 Å². The standard InChI is InChI=1S/C12H18N2O3S/c1-9(2)6-7-14-18(16,17)11-5-3-4-10(8-11)12(13)15/h3-5,8-9,14H,6-7H2,1-2H3,(H2,13,15). The van der Waals surface area contributed by atoms with Gasteiger partial charge < -0.3 is 5.73 Å². The summed E-state index contributed by atoms with van der Waals surface area (Å²) in [4.78, 5) is 11.0. The van der Waals surface area contributed by atoms with Gasteiger partial charge in [0.25, 0.3) is 0 Å². The summed E-state index contributed by atoms with van der Waals surface area (Å²) >= 11 is 0. The molecule has 0 bridgehead atoms. The lowest BCUT2D eigenvalue weighted by molar-refractivity contribution is 0.1000. The monoisotopic (exact) mass is 270 g/mol. The minimum atomic E-state index is -3.57. The van der Waals surface area contributed by atoms with Gasteiger partial charge in [0.2, 0.25) is 15.9 Å². The number of rotatable bonds is 6. The number of nitrogens with two attached hydrogens (primary N) is 1. The molecule has 0 saturated carbocycles. The molecule has 0 unspecified atom stereocenters. The molecule has 0 heterocycles. The van der Waals surface area contributed by atoms with E-state index in [9.17, 15) is 13.2 Å².